The van der Waals surface area contributed by atoms with Crippen LogP contribution in [0, 0.1) is 5.92 Å². The normalized spacial score (nSPS) is 27.4. The molecule has 2 rings (SSSR count). The van der Waals surface area contributed by atoms with E-state index in [1.807, 2.05) is 6.92 Å². The highest BCUT2D eigenvalue weighted by molar-refractivity contribution is 5.92. The Labute approximate surface area is 114 Å². The Balaban J connectivity index is 0.00000162. The number of rotatable bonds is 2. The summed E-state index contributed by atoms with van der Waals surface area (Å²) in [5.74, 6) is 0.626. The van der Waals surface area contributed by atoms with Crippen LogP contribution >= 0.6 is 12.4 Å². The molecule has 2 unspecified atom stereocenters. The molecule has 0 saturated heterocycles. The fourth-order valence-electron chi connectivity index (χ4n) is 2.50. The number of nitrogens with zero attached hydrogens (tertiary/aromatic N) is 2. The molecule has 102 valence electrons. The SMILES string of the molecule is Cl.Cn1nccc1NC(=O)C1CCCCC1(C)N. The summed E-state index contributed by atoms with van der Waals surface area (Å²) >= 11 is 0. The van der Waals surface area contributed by atoms with Crippen LogP contribution in [-0.4, -0.2) is 21.2 Å². The van der Waals surface area contributed by atoms with Crippen LogP contribution in [0.2, 0.25) is 0 Å². The molecule has 1 aliphatic carbocycles. The minimum absolute atomic E-state index is 0. The molecule has 1 fully saturated rings. The maximum absolute atomic E-state index is 12.2. The third-order valence-electron chi connectivity index (χ3n) is 3.64. The van der Waals surface area contributed by atoms with Crippen LogP contribution in [0.25, 0.3) is 0 Å². The molecule has 1 aromatic heterocycles. The first-order valence-electron chi connectivity index (χ1n) is 6.08. The molecule has 0 radical (unpaired) electrons. The monoisotopic (exact) mass is 272 g/mol. The van der Waals surface area contributed by atoms with Crippen LogP contribution in [0.4, 0.5) is 5.82 Å². The zero-order valence-electron chi connectivity index (χ0n) is 10.8. The molecule has 0 spiro atoms. The van der Waals surface area contributed by atoms with Gasteiger partial charge in [0.25, 0.3) is 0 Å². The smallest absolute Gasteiger partial charge is 0.230 e. The van der Waals surface area contributed by atoms with Gasteiger partial charge in [0.1, 0.15) is 5.82 Å². The molecule has 6 heteroatoms. The topological polar surface area (TPSA) is 72.9 Å². The van der Waals surface area contributed by atoms with Gasteiger partial charge in [-0.2, -0.15) is 5.10 Å². The summed E-state index contributed by atoms with van der Waals surface area (Å²) in [5.41, 5.74) is 5.82. The molecule has 18 heavy (non-hydrogen) atoms. The van der Waals surface area contributed by atoms with Crippen molar-refractivity contribution in [1.82, 2.24) is 9.78 Å². The Bertz CT molecular complexity index is 416. The van der Waals surface area contributed by atoms with Gasteiger partial charge in [0.15, 0.2) is 0 Å². The van der Waals surface area contributed by atoms with Crippen molar-refractivity contribution in [3.05, 3.63) is 12.3 Å². The van der Waals surface area contributed by atoms with Gasteiger partial charge in [-0.25, -0.2) is 0 Å². The third kappa shape index (κ3) is 3.03. The van der Waals surface area contributed by atoms with Crippen molar-refractivity contribution in [3.8, 4) is 0 Å². The maximum Gasteiger partial charge on any atom is 0.230 e. The second-order valence-corrected chi connectivity index (χ2v) is 5.13. The van der Waals surface area contributed by atoms with Crippen molar-refractivity contribution in [2.24, 2.45) is 18.7 Å². The highest BCUT2D eigenvalue weighted by Crippen LogP contribution is 2.32. The highest BCUT2D eigenvalue weighted by atomic mass is 35.5. The first kappa shape index (κ1) is 15.0. The number of carbonyl (C=O) groups is 1. The summed E-state index contributed by atoms with van der Waals surface area (Å²) in [6, 6.07) is 1.79. The first-order chi connectivity index (χ1) is 8.00. The van der Waals surface area contributed by atoms with E-state index >= 15 is 0 Å². The molecular weight excluding hydrogens is 252 g/mol. The van der Waals surface area contributed by atoms with Gasteiger partial charge in [0.05, 0.1) is 12.1 Å². The number of aromatic nitrogens is 2. The van der Waals surface area contributed by atoms with Gasteiger partial charge >= 0.3 is 0 Å². The van der Waals surface area contributed by atoms with E-state index in [2.05, 4.69) is 10.4 Å². The van der Waals surface area contributed by atoms with Crippen molar-refractivity contribution < 1.29 is 4.79 Å². The molecule has 1 aliphatic rings. The van der Waals surface area contributed by atoms with Crippen LogP contribution < -0.4 is 11.1 Å². The van der Waals surface area contributed by atoms with E-state index in [0.717, 1.165) is 31.5 Å². The van der Waals surface area contributed by atoms with Crippen LogP contribution in [-0.2, 0) is 11.8 Å². The summed E-state index contributed by atoms with van der Waals surface area (Å²) in [4.78, 5) is 12.2. The maximum atomic E-state index is 12.2. The van der Waals surface area contributed by atoms with Gasteiger partial charge in [-0.05, 0) is 19.8 Å². The third-order valence-corrected chi connectivity index (χ3v) is 3.64. The second kappa shape index (κ2) is 5.71. The molecule has 2 atom stereocenters. The second-order valence-electron chi connectivity index (χ2n) is 5.13. The fourth-order valence-corrected chi connectivity index (χ4v) is 2.50. The number of nitrogens with one attached hydrogen (secondary N) is 1. The fraction of sp³-hybridized carbons (Fsp3) is 0.667. The summed E-state index contributed by atoms with van der Waals surface area (Å²) in [6.45, 7) is 1.97. The Morgan fingerprint density at radius 2 is 2.33 bits per heavy atom. The van der Waals surface area contributed by atoms with Gasteiger partial charge in [-0.15, -0.1) is 12.4 Å². The number of halogens is 1. The predicted molar refractivity (Wildman–Crippen MR) is 73.6 cm³/mol. The predicted octanol–water partition coefficient (Wildman–Crippen LogP) is 1.69. The highest BCUT2D eigenvalue weighted by Gasteiger charge is 2.37. The molecule has 1 amide bonds. The standard InChI is InChI=1S/C12H20N4O.ClH/c1-12(13)7-4-3-5-9(12)11(17)15-10-6-8-14-16(10)2;/h6,8-9H,3-5,7,13H2,1-2H3,(H,15,17);1H. The van der Waals surface area contributed by atoms with E-state index in [4.69, 9.17) is 5.73 Å². The van der Waals surface area contributed by atoms with Crippen LogP contribution in [0.3, 0.4) is 0 Å². The van der Waals surface area contributed by atoms with E-state index < -0.39 is 0 Å². The largest absolute Gasteiger partial charge is 0.325 e. The number of hydrogen-bond donors (Lipinski definition) is 2. The first-order valence-corrected chi connectivity index (χ1v) is 6.08. The molecule has 1 saturated carbocycles. The molecule has 1 heterocycles. The Hall–Kier alpha value is -1.07. The van der Waals surface area contributed by atoms with Gasteiger partial charge in [0.2, 0.25) is 5.91 Å². The number of amides is 1. The summed E-state index contributed by atoms with van der Waals surface area (Å²) in [5, 5.41) is 6.92. The summed E-state index contributed by atoms with van der Waals surface area (Å²) < 4.78 is 1.65. The number of aryl methyl sites for hydroxylation is 1. The summed E-state index contributed by atoms with van der Waals surface area (Å²) in [7, 11) is 1.80. The van der Waals surface area contributed by atoms with Crippen molar-refractivity contribution >= 4 is 24.1 Å². The zero-order valence-corrected chi connectivity index (χ0v) is 11.7. The van der Waals surface area contributed by atoms with E-state index in [1.54, 1.807) is 24.0 Å². The molecule has 5 nitrogen and oxygen atoms in total. The number of hydrogen-bond acceptors (Lipinski definition) is 3. The van der Waals surface area contributed by atoms with Crippen molar-refractivity contribution in [2.45, 2.75) is 38.1 Å². The van der Waals surface area contributed by atoms with Crippen molar-refractivity contribution in [1.29, 1.82) is 0 Å². The minimum Gasteiger partial charge on any atom is -0.325 e. The average molecular weight is 273 g/mol. The Kier molecular flexibility index (Phi) is 4.76. The van der Waals surface area contributed by atoms with E-state index in [-0.39, 0.29) is 29.8 Å². The summed E-state index contributed by atoms with van der Waals surface area (Å²) in [6.07, 6.45) is 5.64. The number of nitrogens with two attached hydrogens (primary N) is 1. The van der Waals surface area contributed by atoms with E-state index in [9.17, 15) is 4.79 Å². The number of anilines is 1. The van der Waals surface area contributed by atoms with E-state index in [0.29, 0.717) is 0 Å². The number of carbonyl (C=O) groups excluding carboxylic acids is 1. The molecule has 1 aromatic rings. The zero-order chi connectivity index (χ0) is 12.5. The molecule has 0 aliphatic heterocycles. The van der Waals surface area contributed by atoms with E-state index in [1.165, 1.54) is 0 Å². The molecule has 3 N–H and O–H groups in total. The van der Waals surface area contributed by atoms with Crippen molar-refractivity contribution in [2.75, 3.05) is 5.32 Å². The van der Waals surface area contributed by atoms with Crippen LogP contribution in [0.1, 0.15) is 32.6 Å². The lowest BCUT2D eigenvalue weighted by Crippen LogP contribution is -2.51. The van der Waals surface area contributed by atoms with Crippen LogP contribution in [0.5, 0.6) is 0 Å². The minimum atomic E-state index is -0.388. The Morgan fingerprint density at radius 1 is 1.61 bits per heavy atom. The lowest BCUT2D eigenvalue weighted by atomic mass is 9.74. The van der Waals surface area contributed by atoms with Gasteiger partial charge < -0.3 is 11.1 Å². The van der Waals surface area contributed by atoms with Gasteiger partial charge in [0, 0.05) is 18.7 Å². The van der Waals surface area contributed by atoms with Gasteiger partial charge in [-0.1, -0.05) is 12.8 Å². The quantitative estimate of drug-likeness (QED) is 0.860. The average Bonchev–Trinajstić information content (AvgIpc) is 2.63. The Morgan fingerprint density at radius 3 is 2.89 bits per heavy atom. The lowest BCUT2D eigenvalue weighted by Gasteiger charge is -2.37. The molecular formula is C12H21ClN4O. The van der Waals surface area contributed by atoms with Crippen LogP contribution in [0.15, 0.2) is 12.3 Å². The lowest BCUT2D eigenvalue weighted by molar-refractivity contribution is -0.122. The molecule has 0 bridgehead atoms. The molecule has 0 aromatic carbocycles. The van der Waals surface area contributed by atoms with Gasteiger partial charge in [-0.3, -0.25) is 9.48 Å². The van der Waals surface area contributed by atoms with Crippen molar-refractivity contribution in [3.63, 3.8) is 0 Å².